The van der Waals surface area contributed by atoms with Crippen LogP contribution in [0.1, 0.15) is 6.42 Å². The number of nitrogens with one attached hydrogen (secondary N) is 1. The fraction of sp³-hybridized carbons (Fsp3) is 0.583. The Bertz CT molecular complexity index is 343. The van der Waals surface area contributed by atoms with Crippen LogP contribution in [-0.2, 0) is 4.74 Å². The van der Waals surface area contributed by atoms with Gasteiger partial charge in [-0.2, -0.15) is 0 Å². The number of halogens is 1. The predicted molar refractivity (Wildman–Crippen MR) is 69.2 cm³/mol. The van der Waals surface area contributed by atoms with Gasteiger partial charge < -0.3 is 14.8 Å². The van der Waals surface area contributed by atoms with Crippen molar-refractivity contribution in [2.24, 2.45) is 5.92 Å². The summed E-state index contributed by atoms with van der Waals surface area (Å²) in [4.78, 5) is 4.04. The summed E-state index contributed by atoms with van der Waals surface area (Å²) < 4.78 is 11.8. The second-order valence-corrected chi connectivity index (χ2v) is 5.04. The molecule has 1 N–H and O–H groups in total. The van der Waals surface area contributed by atoms with Crippen molar-refractivity contribution in [2.75, 3.05) is 32.9 Å². The lowest BCUT2D eigenvalue weighted by atomic mass is 10.1. The fourth-order valence-corrected chi connectivity index (χ4v) is 2.11. The van der Waals surface area contributed by atoms with Crippen molar-refractivity contribution in [3.8, 4) is 5.75 Å². The maximum Gasteiger partial charge on any atom is 0.138 e. The molecule has 1 saturated heterocycles. The van der Waals surface area contributed by atoms with Crippen LogP contribution >= 0.6 is 15.9 Å². The van der Waals surface area contributed by atoms with E-state index >= 15 is 0 Å². The average Bonchev–Trinajstić information content (AvgIpc) is 2.82. The normalized spacial score (nSPS) is 19.5. The molecule has 0 bridgehead atoms. The first kappa shape index (κ1) is 12.8. The van der Waals surface area contributed by atoms with Crippen molar-refractivity contribution in [3.05, 3.63) is 22.9 Å². The maximum absolute atomic E-state index is 5.57. The molecule has 1 aromatic rings. The molecule has 0 amide bonds. The zero-order valence-corrected chi connectivity index (χ0v) is 11.3. The predicted octanol–water partition coefficient (Wildman–Crippen LogP) is 1.85. The largest absolute Gasteiger partial charge is 0.491 e. The Balaban J connectivity index is 1.56. The Hall–Kier alpha value is -0.650. The van der Waals surface area contributed by atoms with E-state index in [1.54, 1.807) is 12.4 Å². The van der Waals surface area contributed by atoms with Gasteiger partial charge in [-0.05, 0) is 34.3 Å². The zero-order valence-electron chi connectivity index (χ0n) is 9.69. The van der Waals surface area contributed by atoms with Crippen molar-refractivity contribution in [1.29, 1.82) is 0 Å². The van der Waals surface area contributed by atoms with Crippen LogP contribution in [0.3, 0.4) is 0 Å². The number of aromatic nitrogens is 1. The Kier molecular flexibility index (Phi) is 5.22. The summed E-state index contributed by atoms with van der Waals surface area (Å²) in [6, 6.07) is 1.91. The summed E-state index contributed by atoms with van der Waals surface area (Å²) in [5.41, 5.74) is 0. The first-order chi connectivity index (χ1) is 8.34. The third-order valence-corrected chi connectivity index (χ3v) is 3.12. The van der Waals surface area contributed by atoms with E-state index in [-0.39, 0.29) is 0 Å². The van der Waals surface area contributed by atoms with Gasteiger partial charge in [0.2, 0.25) is 0 Å². The van der Waals surface area contributed by atoms with Gasteiger partial charge in [0, 0.05) is 30.4 Å². The fourth-order valence-electron chi connectivity index (χ4n) is 1.76. The Morgan fingerprint density at radius 2 is 2.47 bits per heavy atom. The summed E-state index contributed by atoms with van der Waals surface area (Å²) >= 11 is 3.36. The molecule has 2 heterocycles. The minimum Gasteiger partial charge on any atom is -0.491 e. The molecule has 17 heavy (non-hydrogen) atoms. The molecule has 1 unspecified atom stereocenters. The van der Waals surface area contributed by atoms with Gasteiger partial charge >= 0.3 is 0 Å². The topological polar surface area (TPSA) is 43.4 Å². The Morgan fingerprint density at radius 3 is 3.24 bits per heavy atom. The molecule has 1 aliphatic heterocycles. The van der Waals surface area contributed by atoms with Crippen LogP contribution in [0.2, 0.25) is 0 Å². The Morgan fingerprint density at radius 1 is 1.53 bits per heavy atom. The highest BCUT2D eigenvalue weighted by molar-refractivity contribution is 9.10. The summed E-state index contributed by atoms with van der Waals surface area (Å²) in [5, 5.41) is 3.38. The molecule has 1 aliphatic rings. The lowest BCUT2D eigenvalue weighted by Gasteiger charge is -2.10. The summed E-state index contributed by atoms with van der Waals surface area (Å²) in [5.74, 6) is 1.47. The van der Waals surface area contributed by atoms with Crippen LogP contribution in [0.4, 0.5) is 0 Å². The maximum atomic E-state index is 5.57. The van der Waals surface area contributed by atoms with Gasteiger partial charge in [0.25, 0.3) is 0 Å². The third kappa shape index (κ3) is 4.61. The van der Waals surface area contributed by atoms with Gasteiger partial charge in [-0.3, -0.25) is 4.98 Å². The quantitative estimate of drug-likeness (QED) is 0.814. The molecule has 0 aliphatic carbocycles. The van der Waals surface area contributed by atoms with E-state index in [4.69, 9.17) is 9.47 Å². The summed E-state index contributed by atoms with van der Waals surface area (Å²) in [6.07, 6.45) is 4.63. The Labute approximate surface area is 110 Å². The van der Waals surface area contributed by atoms with Crippen LogP contribution in [0.15, 0.2) is 22.9 Å². The molecule has 0 saturated carbocycles. The van der Waals surface area contributed by atoms with Gasteiger partial charge in [0.1, 0.15) is 12.4 Å². The van der Waals surface area contributed by atoms with Crippen LogP contribution < -0.4 is 10.1 Å². The van der Waals surface area contributed by atoms with E-state index in [1.165, 1.54) is 6.42 Å². The second-order valence-electron chi connectivity index (χ2n) is 4.12. The molecule has 1 atom stereocenters. The van der Waals surface area contributed by atoms with Crippen LogP contribution in [0.5, 0.6) is 5.75 Å². The molecule has 0 radical (unpaired) electrons. The molecule has 0 spiro atoms. The van der Waals surface area contributed by atoms with Crippen LogP contribution in [0.25, 0.3) is 0 Å². The second kappa shape index (κ2) is 6.93. The highest BCUT2D eigenvalue weighted by atomic mass is 79.9. The van der Waals surface area contributed by atoms with Crippen molar-refractivity contribution < 1.29 is 9.47 Å². The molecular weight excluding hydrogens is 284 g/mol. The lowest BCUT2D eigenvalue weighted by Crippen LogP contribution is -2.27. The molecule has 5 heteroatoms. The van der Waals surface area contributed by atoms with Gasteiger partial charge in [0.15, 0.2) is 0 Å². The van der Waals surface area contributed by atoms with E-state index in [9.17, 15) is 0 Å². The van der Waals surface area contributed by atoms with Gasteiger partial charge in [-0.15, -0.1) is 0 Å². The van der Waals surface area contributed by atoms with Gasteiger partial charge in [0.05, 0.1) is 12.8 Å². The van der Waals surface area contributed by atoms with Gasteiger partial charge in [-0.1, -0.05) is 0 Å². The first-order valence-electron chi connectivity index (χ1n) is 5.86. The van der Waals surface area contributed by atoms with Crippen molar-refractivity contribution >= 4 is 15.9 Å². The molecule has 2 rings (SSSR count). The third-order valence-electron chi connectivity index (χ3n) is 2.68. The molecule has 0 aromatic carbocycles. The van der Waals surface area contributed by atoms with Crippen molar-refractivity contribution in [1.82, 2.24) is 10.3 Å². The minimum absolute atomic E-state index is 0.658. The standard InChI is InChI=1S/C12H17BrN2O2/c13-11-5-12(8-15-7-11)17-4-2-14-6-10-1-3-16-9-10/h5,7-8,10,14H,1-4,6,9H2. The van der Waals surface area contributed by atoms with Crippen molar-refractivity contribution in [2.45, 2.75) is 6.42 Å². The van der Waals surface area contributed by atoms with E-state index in [2.05, 4.69) is 26.2 Å². The molecule has 4 nitrogen and oxygen atoms in total. The van der Waals surface area contributed by atoms with Crippen molar-refractivity contribution in [3.63, 3.8) is 0 Å². The molecular formula is C12H17BrN2O2. The van der Waals surface area contributed by atoms with Gasteiger partial charge in [-0.25, -0.2) is 0 Å². The molecule has 1 aromatic heterocycles. The number of pyridine rings is 1. The highest BCUT2D eigenvalue weighted by Gasteiger charge is 2.14. The number of hydrogen-bond donors (Lipinski definition) is 1. The van der Waals surface area contributed by atoms with E-state index in [0.717, 1.165) is 36.5 Å². The summed E-state index contributed by atoms with van der Waals surface area (Å²) in [7, 11) is 0. The van der Waals surface area contributed by atoms with E-state index in [1.807, 2.05) is 6.07 Å². The first-order valence-corrected chi connectivity index (χ1v) is 6.66. The average molecular weight is 301 g/mol. The zero-order chi connectivity index (χ0) is 11.9. The van der Waals surface area contributed by atoms with E-state index in [0.29, 0.717) is 12.5 Å². The summed E-state index contributed by atoms with van der Waals surface area (Å²) in [6.45, 7) is 4.32. The molecule has 94 valence electrons. The van der Waals surface area contributed by atoms with Crippen LogP contribution in [0, 0.1) is 5.92 Å². The lowest BCUT2D eigenvalue weighted by molar-refractivity contribution is 0.185. The highest BCUT2D eigenvalue weighted by Crippen LogP contribution is 2.15. The smallest absolute Gasteiger partial charge is 0.138 e. The monoisotopic (exact) mass is 300 g/mol. The number of rotatable bonds is 6. The number of hydrogen-bond acceptors (Lipinski definition) is 4. The molecule has 1 fully saturated rings. The number of nitrogens with zero attached hydrogens (tertiary/aromatic N) is 1. The SMILES string of the molecule is Brc1cncc(OCCNCC2CCOC2)c1. The van der Waals surface area contributed by atoms with E-state index < -0.39 is 0 Å². The number of ether oxygens (including phenoxy) is 2. The minimum atomic E-state index is 0.658. The van der Waals surface area contributed by atoms with Crippen LogP contribution in [-0.4, -0.2) is 37.9 Å².